The SMILES string of the molecule is COc1cccc(OC)c1-c1nn(-c2ccccc2C(C)C)c2c1CCCCN2. The van der Waals surface area contributed by atoms with Crippen LogP contribution in [0.1, 0.15) is 43.7 Å². The minimum absolute atomic E-state index is 0.404. The highest BCUT2D eigenvalue weighted by Gasteiger charge is 2.26. The van der Waals surface area contributed by atoms with Crippen molar-refractivity contribution < 1.29 is 9.47 Å². The molecule has 0 saturated heterocycles. The molecule has 0 saturated carbocycles. The van der Waals surface area contributed by atoms with E-state index in [1.807, 2.05) is 18.2 Å². The average molecular weight is 392 g/mol. The molecule has 2 aromatic carbocycles. The number of hydrogen-bond donors (Lipinski definition) is 1. The highest BCUT2D eigenvalue weighted by atomic mass is 16.5. The maximum absolute atomic E-state index is 5.69. The van der Waals surface area contributed by atoms with Crippen molar-refractivity contribution in [2.24, 2.45) is 0 Å². The standard InChI is InChI=1S/C24H29N3O2/c1-16(2)17-10-5-6-12-19(17)27-24-18(11-7-8-15-25-24)23(26-27)22-20(28-3)13-9-14-21(22)29-4/h5-6,9-10,12-14,16,25H,7-8,11,15H2,1-4H3. The van der Waals surface area contributed by atoms with Crippen molar-refractivity contribution in [1.29, 1.82) is 0 Å². The molecule has 0 spiro atoms. The third-order valence-corrected chi connectivity index (χ3v) is 5.58. The first-order valence-electron chi connectivity index (χ1n) is 10.3. The molecule has 0 aliphatic carbocycles. The van der Waals surface area contributed by atoms with Crippen molar-refractivity contribution in [3.63, 3.8) is 0 Å². The van der Waals surface area contributed by atoms with Gasteiger partial charge in [-0.2, -0.15) is 5.10 Å². The summed E-state index contributed by atoms with van der Waals surface area (Å²) in [5, 5.41) is 8.77. The smallest absolute Gasteiger partial charge is 0.133 e. The van der Waals surface area contributed by atoms with E-state index in [4.69, 9.17) is 14.6 Å². The van der Waals surface area contributed by atoms with E-state index in [0.717, 1.165) is 60.1 Å². The van der Waals surface area contributed by atoms with E-state index in [2.05, 4.69) is 48.1 Å². The first-order chi connectivity index (χ1) is 14.2. The fraction of sp³-hybridized carbons (Fsp3) is 0.375. The molecule has 2 heterocycles. The summed E-state index contributed by atoms with van der Waals surface area (Å²) in [5.41, 5.74) is 5.47. The quantitative estimate of drug-likeness (QED) is 0.630. The zero-order valence-electron chi connectivity index (χ0n) is 17.7. The predicted molar refractivity (Wildman–Crippen MR) is 118 cm³/mol. The summed E-state index contributed by atoms with van der Waals surface area (Å²) in [4.78, 5) is 0. The summed E-state index contributed by atoms with van der Waals surface area (Å²) in [6.07, 6.45) is 3.24. The maximum Gasteiger partial charge on any atom is 0.133 e. The summed E-state index contributed by atoms with van der Waals surface area (Å²) in [5.74, 6) is 3.04. The van der Waals surface area contributed by atoms with Crippen molar-refractivity contribution in [3.05, 3.63) is 53.6 Å². The number of rotatable bonds is 5. The van der Waals surface area contributed by atoms with Crippen molar-refractivity contribution in [2.45, 2.75) is 39.0 Å². The van der Waals surface area contributed by atoms with Crippen LogP contribution in [-0.2, 0) is 6.42 Å². The normalized spacial score (nSPS) is 13.6. The third kappa shape index (κ3) is 3.46. The molecule has 1 aromatic heterocycles. The molecule has 1 aliphatic heterocycles. The number of methoxy groups -OCH3 is 2. The molecule has 0 bridgehead atoms. The van der Waals surface area contributed by atoms with E-state index in [9.17, 15) is 0 Å². The zero-order valence-corrected chi connectivity index (χ0v) is 17.7. The Bertz CT molecular complexity index is 985. The van der Waals surface area contributed by atoms with Crippen LogP contribution in [0.5, 0.6) is 11.5 Å². The van der Waals surface area contributed by atoms with Crippen LogP contribution < -0.4 is 14.8 Å². The van der Waals surface area contributed by atoms with Gasteiger partial charge in [-0.15, -0.1) is 0 Å². The fourth-order valence-electron chi connectivity index (χ4n) is 4.13. The molecule has 5 heteroatoms. The summed E-state index contributed by atoms with van der Waals surface area (Å²) >= 11 is 0. The Labute approximate surface area is 172 Å². The van der Waals surface area contributed by atoms with Gasteiger partial charge in [0.15, 0.2) is 0 Å². The number of nitrogens with zero attached hydrogens (tertiary/aromatic N) is 2. The molecule has 0 fully saturated rings. The van der Waals surface area contributed by atoms with Gasteiger partial charge in [-0.3, -0.25) is 0 Å². The first kappa shape index (κ1) is 19.4. The highest BCUT2D eigenvalue weighted by molar-refractivity contribution is 5.80. The summed E-state index contributed by atoms with van der Waals surface area (Å²) in [6.45, 7) is 5.39. The molecule has 3 aromatic rings. The Hall–Kier alpha value is -2.95. The molecular formula is C24H29N3O2. The fourth-order valence-corrected chi connectivity index (χ4v) is 4.13. The monoisotopic (exact) mass is 391 g/mol. The lowest BCUT2D eigenvalue weighted by Gasteiger charge is -2.15. The van der Waals surface area contributed by atoms with E-state index < -0.39 is 0 Å². The summed E-state index contributed by atoms with van der Waals surface area (Å²) in [7, 11) is 3.39. The van der Waals surface area contributed by atoms with Crippen molar-refractivity contribution in [2.75, 3.05) is 26.1 Å². The van der Waals surface area contributed by atoms with Gasteiger partial charge < -0.3 is 14.8 Å². The van der Waals surface area contributed by atoms with E-state index in [1.165, 1.54) is 11.1 Å². The van der Waals surface area contributed by atoms with Gasteiger partial charge in [0.05, 0.1) is 25.5 Å². The van der Waals surface area contributed by atoms with Gasteiger partial charge in [-0.1, -0.05) is 38.1 Å². The van der Waals surface area contributed by atoms with Crippen LogP contribution in [0.15, 0.2) is 42.5 Å². The number of aromatic nitrogens is 2. The number of ether oxygens (including phenoxy) is 2. The van der Waals surface area contributed by atoms with Gasteiger partial charge in [0.1, 0.15) is 23.0 Å². The lowest BCUT2D eigenvalue weighted by atomic mass is 10.0. The van der Waals surface area contributed by atoms with Crippen LogP contribution in [0.25, 0.3) is 16.9 Å². The molecule has 0 atom stereocenters. The lowest BCUT2D eigenvalue weighted by Crippen LogP contribution is -2.09. The molecule has 0 unspecified atom stereocenters. The predicted octanol–water partition coefficient (Wildman–Crippen LogP) is 5.43. The first-order valence-corrected chi connectivity index (χ1v) is 10.3. The van der Waals surface area contributed by atoms with Gasteiger partial charge >= 0.3 is 0 Å². The number of nitrogens with one attached hydrogen (secondary N) is 1. The molecule has 4 rings (SSSR count). The van der Waals surface area contributed by atoms with Crippen LogP contribution >= 0.6 is 0 Å². The van der Waals surface area contributed by atoms with Crippen LogP contribution in [0, 0.1) is 0 Å². The van der Waals surface area contributed by atoms with Crippen LogP contribution in [-0.4, -0.2) is 30.5 Å². The Morgan fingerprint density at radius 1 is 0.966 bits per heavy atom. The maximum atomic E-state index is 5.69. The lowest BCUT2D eigenvalue weighted by molar-refractivity contribution is 0.397. The molecule has 1 aliphatic rings. The van der Waals surface area contributed by atoms with Crippen molar-refractivity contribution >= 4 is 5.82 Å². The van der Waals surface area contributed by atoms with Crippen molar-refractivity contribution in [1.82, 2.24) is 9.78 Å². The minimum atomic E-state index is 0.404. The zero-order chi connectivity index (χ0) is 20.4. The highest BCUT2D eigenvalue weighted by Crippen LogP contribution is 2.43. The van der Waals surface area contributed by atoms with Crippen LogP contribution in [0.3, 0.4) is 0 Å². The molecule has 0 radical (unpaired) electrons. The molecule has 152 valence electrons. The largest absolute Gasteiger partial charge is 0.496 e. The molecule has 5 nitrogen and oxygen atoms in total. The van der Waals surface area contributed by atoms with E-state index in [0.29, 0.717) is 5.92 Å². The van der Waals surface area contributed by atoms with Crippen molar-refractivity contribution in [3.8, 4) is 28.4 Å². The Morgan fingerprint density at radius 2 is 1.69 bits per heavy atom. The molecule has 1 N–H and O–H groups in total. The third-order valence-electron chi connectivity index (χ3n) is 5.58. The minimum Gasteiger partial charge on any atom is -0.496 e. The molecular weight excluding hydrogens is 362 g/mol. The Morgan fingerprint density at radius 3 is 2.38 bits per heavy atom. The summed E-state index contributed by atoms with van der Waals surface area (Å²) < 4.78 is 13.5. The number of benzene rings is 2. The average Bonchev–Trinajstić information content (AvgIpc) is 2.92. The molecule has 29 heavy (non-hydrogen) atoms. The van der Waals surface area contributed by atoms with Gasteiger partial charge in [0, 0.05) is 12.1 Å². The molecule has 0 amide bonds. The number of fused-ring (bicyclic) bond motifs is 1. The topological polar surface area (TPSA) is 48.3 Å². The second kappa shape index (κ2) is 8.19. The number of para-hydroxylation sites is 1. The second-order valence-electron chi connectivity index (χ2n) is 7.72. The Kier molecular flexibility index (Phi) is 5.47. The van der Waals surface area contributed by atoms with E-state index in [1.54, 1.807) is 14.2 Å². The van der Waals surface area contributed by atoms with E-state index in [-0.39, 0.29) is 0 Å². The van der Waals surface area contributed by atoms with Crippen LogP contribution in [0.4, 0.5) is 5.82 Å². The van der Waals surface area contributed by atoms with Gasteiger partial charge in [-0.05, 0) is 48.9 Å². The summed E-state index contributed by atoms with van der Waals surface area (Å²) in [6, 6.07) is 14.4. The number of anilines is 1. The van der Waals surface area contributed by atoms with Crippen LogP contribution in [0.2, 0.25) is 0 Å². The van der Waals surface area contributed by atoms with E-state index >= 15 is 0 Å². The number of hydrogen-bond acceptors (Lipinski definition) is 4. The second-order valence-corrected chi connectivity index (χ2v) is 7.72. The van der Waals surface area contributed by atoms with Gasteiger partial charge in [-0.25, -0.2) is 4.68 Å². The Balaban J connectivity index is 2.00. The van der Waals surface area contributed by atoms with Gasteiger partial charge in [0.25, 0.3) is 0 Å². The van der Waals surface area contributed by atoms with Gasteiger partial charge in [0.2, 0.25) is 0 Å².